The van der Waals surface area contributed by atoms with Crippen molar-refractivity contribution in [2.45, 2.75) is 44.4 Å². The highest BCUT2D eigenvalue weighted by Gasteiger charge is 2.23. The fourth-order valence-electron chi connectivity index (χ4n) is 3.83. The molecule has 3 aromatic rings. The Balaban J connectivity index is 1.79. The topological polar surface area (TPSA) is 89.0 Å². The molecule has 0 spiro atoms. The lowest BCUT2D eigenvalue weighted by molar-refractivity contribution is 0.126. The second kappa shape index (κ2) is 8.11. The van der Waals surface area contributed by atoms with Gasteiger partial charge in [-0.15, -0.1) is 5.10 Å². The first kappa shape index (κ1) is 19.2. The molecule has 4 rings (SSSR count). The summed E-state index contributed by atoms with van der Waals surface area (Å²) in [4.78, 5) is 4.53. The second-order valence-electron chi connectivity index (χ2n) is 7.20. The van der Waals surface area contributed by atoms with Crippen molar-refractivity contribution < 1.29 is 9.50 Å². The third-order valence-corrected chi connectivity index (χ3v) is 6.14. The largest absolute Gasteiger partial charge is 0.393 e. The first-order valence-electron chi connectivity index (χ1n) is 9.59. The standard InChI is InChI=1S/C20H25FN5OP/c1-28-26-20-18(19(25-26)24-14-4-6-15(27)7-5-14)16(8-9-23-20)12-2-3-13(11-22)17(21)10-12/h2-3,8-10,14-15,27-28H,4-7,11,22H2,1H3,(H,24,25)/t14-,15-. The quantitative estimate of drug-likeness (QED) is 0.570. The smallest absolute Gasteiger partial charge is 0.163 e. The SMILES string of the molecule is CPn1nc(N[C@H]2CC[C@H](O)CC2)c2c(-c3ccc(CN)c(F)c3)ccnc21. The van der Waals surface area contributed by atoms with Crippen molar-refractivity contribution in [2.75, 3.05) is 12.0 Å². The van der Waals surface area contributed by atoms with Crippen LogP contribution < -0.4 is 11.1 Å². The van der Waals surface area contributed by atoms with Crippen LogP contribution in [0.1, 0.15) is 31.2 Å². The Morgan fingerprint density at radius 1 is 1.29 bits per heavy atom. The van der Waals surface area contributed by atoms with E-state index in [1.165, 1.54) is 6.07 Å². The Labute approximate surface area is 165 Å². The van der Waals surface area contributed by atoms with E-state index in [9.17, 15) is 9.50 Å². The molecule has 1 atom stereocenters. The number of nitrogens with two attached hydrogens (primary N) is 1. The number of nitrogens with one attached hydrogen (secondary N) is 1. The highest BCUT2D eigenvalue weighted by Crippen LogP contribution is 2.36. The summed E-state index contributed by atoms with van der Waals surface area (Å²) in [5, 5.41) is 19.0. The first-order chi connectivity index (χ1) is 13.6. The molecule has 0 amide bonds. The zero-order chi connectivity index (χ0) is 19.7. The summed E-state index contributed by atoms with van der Waals surface area (Å²) in [6.07, 6.45) is 4.93. The highest BCUT2D eigenvalue weighted by molar-refractivity contribution is 7.35. The van der Waals surface area contributed by atoms with E-state index in [0.717, 1.165) is 53.7 Å². The minimum absolute atomic E-state index is 0.174. The number of rotatable bonds is 5. The molecule has 0 aliphatic heterocycles. The number of halogens is 1. The Hall–Kier alpha value is -2.08. The summed E-state index contributed by atoms with van der Waals surface area (Å²) in [6, 6.07) is 7.33. The Bertz CT molecular complexity index is 984. The van der Waals surface area contributed by atoms with Gasteiger partial charge in [0.1, 0.15) is 5.82 Å². The van der Waals surface area contributed by atoms with Crippen LogP contribution in [-0.4, -0.2) is 38.5 Å². The summed E-state index contributed by atoms with van der Waals surface area (Å²) in [5.41, 5.74) is 8.57. The molecule has 148 valence electrons. The average molecular weight is 401 g/mol. The molecule has 0 bridgehead atoms. The molecular weight excluding hydrogens is 376 g/mol. The number of hydrogen-bond acceptors (Lipinski definition) is 5. The normalized spacial score (nSPS) is 20.3. The van der Waals surface area contributed by atoms with E-state index in [1.807, 2.05) is 16.6 Å². The molecule has 2 heterocycles. The maximum Gasteiger partial charge on any atom is 0.163 e. The summed E-state index contributed by atoms with van der Waals surface area (Å²) >= 11 is 0. The Kier molecular flexibility index (Phi) is 5.58. The van der Waals surface area contributed by atoms with Crippen LogP contribution in [0.3, 0.4) is 0 Å². The van der Waals surface area contributed by atoms with Crippen LogP contribution in [0.2, 0.25) is 0 Å². The number of pyridine rings is 1. The van der Waals surface area contributed by atoms with Gasteiger partial charge in [-0.3, -0.25) is 0 Å². The number of aliphatic hydroxyl groups is 1. The average Bonchev–Trinajstić information content (AvgIpc) is 3.07. The maximum absolute atomic E-state index is 14.4. The predicted octanol–water partition coefficient (Wildman–Crippen LogP) is 3.48. The maximum atomic E-state index is 14.4. The van der Waals surface area contributed by atoms with Gasteiger partial charge in [-0.05, 0) is 55.6 Å². The molecule has 1 aliphatic rings. The van der Waals surface area contributed by atoms with Gasteiger partial charge < -0.3 is 16.2 Å². The number of aliphatic hydroxyl groups excluding tert-OH is 1. The van der Waals surface area contributed by atoms with Gasteiger partial charge in [-0.25, -0.2) is 13.8 Å². The fourth-order valence-corrected chi connectivity index (χ4v) is 4.41. The number of aromatic nitrogens is 3. The van der Waals surface area contributed by atoms with E-state index >= 15 is 0 Å². The van der Waals surface area contributed by atoms with Crippen molar-refractivity contribution in [3.8, 4) is 11.1 Å². The lowest BCUT2D eigenvalue weighted by Gasteiger charge is -2.26. The highest BCUT2D eigenvalue weighted by atomic mass is 31.1. The monoisotopic (exact) mass is 401 g/mol. The molecule has 1 unspecified atom stereocenters. The minimum Gasteiger partial charge on any atom is -0.393 e. The number of benzene rings is 1. The summed E-state index contributed by atoms with van der Waals surface area (Å²) in [6.45, 7) is 2.23. The Morgan fingerprint density at radius 2 is 2.07 bits per heavy atom. The summed E-state index contributed by atoms with van der Waals surface area (Å²) in [7, 11) is 0.435. The number of fused-ring (bicyclic) bond motifs is 1. The summed E-state index contributed by atoms with van der Waals surface area (Å²) < 4.78 is 16.3. The fraction of sp³-hybridized carbons (Fsp3) is 0.400. The van der Waals surface area contributed by atoms with E-state index in [1.54, 1.807) is 12.3 Å². The van der Waals surface area contributed by atoms with E-state index in [-0.39, 0.29) is 24.5 Å². The molecule has 6 nitrogen and oxygen atoms in total. The number of anilines is 1. The molecule has 4 N–H and O–H groups in total. The molecule has 1 fully saturated rings. The molecule has 0 radical (unpaired) electrons. The summed E-state index contributed by atoms with van der Waals surface area (Å²) in [5.74, 6) is 0.475. The lowest BCUT2D eigenvalue weighted by Crippen LogP contribution is -2.28. The van der Waals surface area contributed by atoms with Crippen molar-refractivity contribution in [1.29, 1.82) is 0 Å². The van der Waals surface area contributed by atoms with Crippen LogP contribution >= 0.6 is 8.73 Å². The van der Waals surface area contributed by atoms with Gasteiger partial charge >= 0.3 is 0 Å². The molecule has 1 aromatic carbocycles. The lowest BCUT2D eigenvalue weighted by atomic mass is 9.93. The van der Waals surface area contributed by atoms with Crippen LogP contribution in [0.5, 0.6) is 0 Å². The minimum atomic E-state index is -0.300. The van der Waals surface area contributed by atoms with E-state index in [2.05, 4.69) is 17.0 Å². The van der Waals surface area contributed by atoms with Gasteiger partial charge in [-0.1, -0.05) is 12.1 Å². The van der Waals surface area contributed by atoms with Gasteiger partial charge in [0, 0.05) is 33.1 Å². The van der Waals surface area contributed by atoms with E-state index in [4.69, 9.17) is 10.8 Å². The van der Waals surface area contributed by atoms with Crippen molar-refractivity contribution in [3.05, 3.63) is 41.8 Å². The van der Waals surface area contributed by atoms with Crippen molar-refractivity contribution >= 4 is 25.6 Å². The van der Waals surface area contributed by atoms with Gasteiger partial charge in [-0.2, -0.15) is 0 Å². The molecule has 1 saturated carbocycles. The molecule has 0 saturated heterocycles. The molecule has 1 aliphatic carbocycles. The van der Waals surface area contributed by atoms with Crippen molar-refractivity contribution in [1.82, 2.24) is 14.5 Å². The molecule has 8 heteroatoms. The van der Waals surface area contributed by atoms with Gasteiger partial charge in [0.25, 0.3) is 0 Å². The van der Waals surface area contributed by atoms with Crippen LogP contribution in [0.25, 0.3) is 22.2 Å². The van der Waals surface area contributed by atoms with Gasteiger partial charge in [0.05, 0.1) is 11.5 Å². The van der Waals surface area contributed by atoms with Crippen LogP contribution in [0.15, 0.2) is 30.5 Å². The van der Waals surface area contributed by atoms with Crippen molar-refractivity contribution in [2.24, 2.45) is 5.73 Å². The van der Waals surface area contributed by atoms with Crippen LogP contribution in [0, 0.1) is 5.82 Å². The molecule has 28 heavy (non-hydrogen) atoms. The van der Waals surface area contributed by atoms with E-state index in [0.29, 0.717) is 14.3 Å². The van der Waals surface area contributed by atoms with Gasteiger partial charge in [0.2, 0.25) is 0 Å². The molecule has 2 aromatic heterocycles. The second-order valence-corrected chi connectivity index (χ2v) is 8.07. The van der Waals surface area contributed by atoms with Crippen molar-refractivity contribution in [3.63, 3.8) is 0 Å². The zero-order valence-electron chi connectivity index (χ0n) is 15.8. The number of hydrogen-bond donors (Lipinski definition) is 3. The third-order valence-electron chi connectivity index (χ3n) is 5.40. The van der Waals surface area contributed by atoms with Gasteiger partial charge in [0.15, 0.2) is 11.5 Å². The zero-order valence-corrected chi connectivity index (χ0v) is 16.8. The van der Waals surface area contributed by atoms with Crippen LogP contribution in [-0.2, 0) is 6.54 Å². The first-order valence-corrected chi connectivity index (χ1v) is 11.0. The Morgan fingerprint density at radius 3 is 2.75 bits per heavy atom. The van der Waals surface area contributed by atoms with Crippen LogP contribution in [0.4, 0.5) is 10.2 Å². The number of nitrogens with zero attached hydrogens (tertiary/aromatic N) is 3. The predicted molar refractivity (Wildman–Crippen MR) is 112 cm³/mol. The van der Waals surface area contributed by atoms with E-state index < -0.39 is 0 Å². The molecular formula is C20H25FN5OP. The third kappa shape index (κ3) is 3.62.